The van der Waals surface area contributed by atoms with Crippen molar-refractivity contribution in [3.8, 4) is 0 Å². The number of hydrogen-bond donors (Lipinski definition) is 0. The number of rotatable bonds is 4. The van der Waals surface area contributed by atoms with Crippen LogP contribution in [0.4, 0.5) is 0 Å². The van der Waals surface area contributed by atoms with Crippen molar-refractivity contribution in [1.82, 2.24) is 14.7 Å². The molecule has 0 unspecified atom stereocenters. The first-order chi connectivity index (χ1) is 9.58. The Morgan fingerprint density at radius 2 is 1.70 bits per heavy atom. The smallest absolute Gasteiger partial charge is 0.224 e. The lowest BCUT2D eigenvalue weighted by atomic mass is 10.2. The van der Waals surface area contributed by atoms with Gasteiger partial charge >= 0.3 is 0 Å². The molecular formula is C15H27N3O2. The Bertz CT molecular complexity index is 345. The highest BCUT2D eigenvalue weighted by atomic mass is 16.2. The maximum atomic E-state index is 12.2. The molecule has 0 spiro atoms. The first kappa shape index (κ1) is 15.3. The molecule has 0 bridgehead atoms. The van der Waals surface area contributed by atoms with E-state index in [1.807, 2.05) is 9.80 Å². The highest BCUT2D eigenvalue weighted by molar-refractivity contribution is 5.78. The summed E-state index contributed by atoms with van der Waals surface area (Å²) in [6.45, 7) is 5.75. The van der Waals surface area contributed by atoms with E-state index in [-0.39, 0.29) is 11.8 Å². The quantitative estimate of drug-likeness (QED) is 0.770. The van der Waals surface area contributed by atoms with Gasteiger partial charge in [-0.25, -0.2) is 0 Å². The molecule has 0 radical (unpaired) electrons. The van der Waals surface area contributed by atoms with Crippen molar-refractivity contribution in [3.05, 3.63) is 0 Å². The van der Waals surface area contributed by atoms with E-state index in [2.05, 4.69) is 11.9 Å². The van der Waals surface area contributed by atoms with Gasteiger partial charge in [0.15, 0.2) is 0 Å². The summed E-state index contributed by atoms with van der Waals surface area (Å²) in [5.41, 5.74) is 0. The molecule has 0 aromatic rings. The Labute approximate surface area is 121 Å². The molecule has 0 N–H and O–H groups in total. The average Bonchev–Trinajstić information content (AvgIpc) is 2.93. The van der Waals surface area contributed by atoms with Gasteiger partial charge in [0.2, 0.25) is 11.8 Å². The largest absolute Gasteiger partial charge is 0.340 e. The van der Waals surface area contributed by atoms with Crippen LogP contribution in [0.5, 0.6) is 0 Å². The van der Waals surface area contributed by atoms with Gasteiger partial charge in [-0.15, -0.1) is 0 Å². The van der Waals surface area contributed by atoms with E-state index < -0.39 is 0 Å². The lowest BCUT2D eigenvalue weighted by molar-refractivity contribution is -0.135. The van der Waals surface area contributed by atoms with Gasteiger partial charge in [-0.3, -0.25) is 9.59 Å². The number of piperazine rings is 1. The Morgan fingerprint density at radius 1 is 1.10 bits per heavy atom. The summed E-state index contributed by atoms with van der Waals surface area (Å²) in [6.07, 6.45) is 5.09. The fourth-order valence-corrected chi connectivity index (χ4v) is 3.24. The van der Waals surface area contributed by atoms with Crippen LogP contribution >= 0.6 is 0 Å². The van der Waals surface area contributed by atoms with Crippen molar-refractivity contribution in [2.45, 2.75) is 45.1 Å². The van der Waals surface area contributed by atoms with Crippen molar-refractivity contribution in [2.75, 3.05) is 39.8 Å². The van der Waals surface area contributed by atoms with Crippen molar-refractivity contribution < 1.29 is 9.59 Å². The molecule has 0 atom stereocenters. The van der Waals surface area contributed by atoms with Crippen LogP contribution in [-0.2, 0) is 9.59 Å². The third-order valence-corrected chi connectivity index (χ3v) is 4.59. The molecule has 2 amide bonds. The van der Waals surface area contributed by atoms with E-state index >= 15 is 0 Å². The molecule has 20 heavy (non-hydrogen) atoms. The Balaban J connectivity index is 1.79. The molecule has 0 aromatic heterocycles. The summed E-state index contributed by atoms with van der Waals surface area (Å²) in [7, 11) is 2.08. The van der Waals surface area contributed by atoms with Crippen molar-refractivity contribution in [2.24, 2.45) is 0 Å². The van der Waals surface area contributed by atoms with Crippen molar-refractivity contribution >= 4 is 11.8 Å². The number of likely N-dealkylation sites (N-methyl/N-ethyl adjacent to an activating group) is 1. The summed E-state index contributed by atoms with van der Waals surface area (Å²) in [4.78, 5) is 30.1. The zero-order chi connectivity index (χ0) is 14.5. The van der Waals surface area contributed by atoms with E-state index in [4.69, 9.17) is 0 Å². The van der Waals surface area contributed by atoms with E-state index in [1.54, 1.807) is 6.92 Å². The maximum absolute atomic E-state index is 12.2. The van der Waals surface area contributed by atoms with Gasteiger partial charge in [0, 0.05) is 52.1 Å². The minimum absolute atomic E-state index is 0.114. The summed E-state index contributed by atoms with van der Waals surface area (Å²) in [5.74, 6) is 0.311. The zero-order valence-electron chi connectivity index (χ0n) is 12.8. The maximum Gasteiger partial charge on any atom is 0.224 e. The Hall–Kier alpha value is -1.10. The predicted octanol–water partition coefficient (Wildman–Crippen LogP) is 0.942. The highest BCUT2D eigenvalue weighted by Gasteiger charge is 2.26. The molecule has 1 heterocycles. The number of nitrogens with zero attached hydrogens (tertiary/aromatic N) is 3. The first-order valence-corrected chi connectivity index (χ1v) is 7.81. The molecule has 114 valence electrons. The van der Waals surface area contributed by atoms with Gasteiger partial charge in [-0.1, -0.05) is 12.8 Å². The monoisotopic (exact) mass is 281 g/mol. The topological polar surface area (TPSA) is 43.9 Å². The van der Waals surface area contributed by atoms with Crippen LogP contribution in [0.15, 0.2) is 0 Å². The van der Waals surface area contributed by atoms with Gasteiger partial charge in [0.1, 0.15) is 0 Å². The van der Waals surface area contributed by atoms with Crippen LogP contribution < -0.4 is 0 Å². The van der Waals surface area contributed by atoms with Gasteiger partial charge in [0.25, 0.3) is 0 Å². The summed E-state index contributed by atoms with van der Waals surface area (Å²) < 4.78 is 0. The highest BCUT2D eigenvalue weighted by Crippen LogP contribution is 2.23. The van der Waals surface area contributed by atoms with Crippen LogP contribution in [0.1, 0.15) is 39.0 Å². The second-order valence-corrected chi connectivity index (χ2v) is 6.08. The second kappa shape index (κ2) is 7.07. The first-order valence-electron chi connectivity index (χ1n) is 7.81. The van der Waals surface area contributed by atoms with E-state index in [0.29, 0.717) is 19.0 Å². The molecule has 2 rings (SSSR count). The second-order valence-electron chi connectivity index (χ2n) is 6.08. The van der Waals surface area contributed by atoms with Gasteiger partial charge in [0.05, 0.1) is 0 Å². The zero-order valence-corrected chi connectivity index (χ0v) is 12.8. The summed E-state index contributed by atoms with van der Waals surface area (Å²) in [5, 5.41) is 0. The number of carbonyl (C=O) groups excluding carboxylic acids is 2. The summed E-state index contributed by atoms with van der Waals surface area (Å²) >= 11 is 0. The van der Waals surface area contributed by atoms with E-state index in [9.17, 15) is 9.59 Å². The molecule has 1 aliphatic heterocycles. The van der Waals surface area contributed by atoms with Crippen LogP contribution in [0.2, 0.25) is 0 Å². The molecule has 1 saturated heterocycles. The van der Waals surface area contributed by atoms with Crippen LogP contribution in [0.3, 0.4) is 0 Å². The van der Waals surface area contributed by atoms with Crippen LogP contribution in [0, 0.1) is 0 Å². The van der Waals surface area contributed by atoms with Gasteiger partial charge in [-0.05, 0) is 19.9 Å². The molecule has 5 nitrogen and oxygen atoms in total. The minimum atomic E-state index is 0.114. The third-order valence-electron chi connectivity index (χ3n) is 4.59. The Morgan fingerprint density at radius 3 is 2.25 bits per heavy atom. The molecule has 5 heteroatoms. The third kappa shape index (κ3) is 3.95. The van der Waals surface area contributed by atoms with Crippen molar-refractivity contribution in [1.29, 1.82) is 0 Å². The van der Waals surface area contributed by atoms with Gasteiger partial charge < -0.3 is 14.7 Å². The number of hydrogen-bond acceptors (Lipinski definition) is 3. The van der Waals surface area contributed by atoms with Crippen LogP contribution in [0.25, 0.3) is 0 Å². The lowest BCUT2D eigenvalue weighted by Gasteiger charge is -2.33. The lowest BCUT2D eigenvalue weighted by Crippen LogP contribution is -2.48. The standard InChI is InChI=1S/C15H27N3O2/c1-13(19)18(14-5-3-4-6-14)8-7-15(20)17-11-9-16(2)10-12-17/h14H,3-12H2,1-2H3. The molecule has 1 saturated carbocycles. The van der Waals surface area contributed by atoms with E-state index in [1.165, 1.54) is 12.8 Å². The SMILES string of the molecule is CC(=O)N(CCC(=O)N1CCN(C)CC1)C1CCCC1. The van der Waals surface area contributed by atoms with Gasteiger partial charge in [-0.2, -0.15) is 0 Å². The molecule has 2 aliphatic rings. The molecule has 2 fully saturated rings. The van der Waals surface area contributed by atoms with Crippen LogP contribution in [-0.4, -0.2) is 72.3 Å². The fraction of sp³-hybridized carbons (Fsp3) is 0.867. The fourth-order valence-electron chi connectivity index (χ4n) is 3.24. The molecular weight excluding hydrogens is 254 g/mol. The molecule has 0 aromatic carbocycles. The molecule has 1 aliphatic carbocycles. The number of amides is 2. The predicted molar refractivity (Wildman–Crippen MR) is 78.3 cm³/mol. The van der Waals surface area contributed by atoms with Crippen molar-refractivity contribution in [3.63, 3.8) is 0 Å². The average molecular weight is 281 g/mol. The number of carbonyl (C=O) groups is 2. The Kier molecular flexibility index (Phi) is 5.40. The van der Waals surface area contributed by atoms with E-state index in [0.717, 1.165) is 39.0 Å². The summed E-state index contributed by atoms with van der Waals surface area (Å²) in [6, 6.07) is 0.368. The minimum Gasteiger partial charge on any atom is -0.340 e. The normalized spacial score (nSPS) is 21.2.